The molecule has 16 heavy (non-hydrogen) atoms. The average molecular weight is 237 g/mol. The average Bonchev–Trinajstić information content (AvgIpc) is 2.03. The highest BCUT2D eigenvalue weighted by Crippen LogP contribution is 1.76. The normalized spacial score (nSPS) is 7.62. The van der Waals surface area contributed by atoms with Crippen LogP contribution in [0.5, 0.6) is 0 Å². The van der Waals surface area contributed by atoms with Crippen LogP contribution in [0, 0.1) is 5.41 Å². The van der Waals surface area contributed by atoms with Gasteiger partial charge in [-0.25, -0.2) is 4.79 Å². The minimum absolute atomic E-state index is 0. The van der Waals surface area contributed by atoms with Gasteiger partial charge in [-0.3, -0.25) is 15.0 Å². The molecule has 9 heteroatoms. The third kappa shape index (κ3) is 14.4. The Hall–Kier alpha value is -2.16. The van der Waals surface area contributed by atoms with Crippen molar-refractivity contribution in [2.75, 3.05) is 13.6 Å². The van der Waals surface area contributed by atoms with E-state index >= 15 is 0 Å². The van der Waals surface area contributed by atoms with Crippen molar-refractivity contribution < 1.29 is 30.1 Å². The molecule has 0 saturated carbocycles. The van der Waals surface area contributed by atoms with Crippen LogP contribution >= 0.6 is 0 Å². The summed E-state index contributed by atoms with van der Waals surface area (Å²) in [5.41, 5.74) is 4.93. The molecule has 0 unspecified atom stereocenters. The highest BCUT2D eigenvalue weighted by Gasteiger charge is 2.03. The van der Waals surface area contributed by atoms with Crippen molar-refractivity contribution in [1.82, 2.24) is 4.90 Å². The number of nitrogens with two attached hydrogens (primary N) is 1. The van der Waals surface area contributed by atoms with Crippen LogP contribution in [-0.4, -0.2) is 57.9 Å². The van der Waals surface area contributed by atoms with Crippen LogP contribution < -0.4 is 5.73 Å². The first-order chi connectivity index (χ1) is 6.68. The van der Waals surface area contributed by atoms with Gasteiger partial charge in [-0.2, -0.15) is 0 Å². The van der Waals surface area contributed by atoms with Gasteiger partial charge in [-0.05, 0) is 0 Å². The third-order valence-corrected chi connectivity index (χ3v) is 1.08. The zero-order valence-corrected chi connectivity index (χ0v) is 8.85. The summed E-state index contributed by atoms with van der Waals surface area (Å²) < 4.78 is 0. The predicted octanol–water partition coefficient (Wildman–Crippen LogP) is -2.27. The monoisotopic (exact) mass is 237 g/mol. The minimum atomic E-state index is -1.38. The van der Waals surface area contributed by atoms with Gasteiger partial charge in [0.25, 0.3) is 0 Å². The number of rotatable bonds is 3. The highest BCUT2D eigenvalue weighted by molar-refractivity contribution is 6.31. The smallest absolute Gasteiger partial charge is 0.371 e. The van der Waals surface area contributed by atoms with E-state index in [2.05, 4.69) is 0 Å². The number of guanidine groups is 1. The van der Waals surface area contributed by atoms with Gasteiger partial charge < -0.3 is 26.3 Å². The number of aliphatic carboxylic acids is 2. The SMILES string of the molecule is CC(=O)C(=O)O.CN(CC(=O)O)C(=N)N.O. The molecule has 0 bridgehead atoms. The molecule has 9 nitrogen and oxygen atoms in total. The Bertz CT molecular complexity index is 265. The number of carboxylic acids is 2. The molecule has 0 atom stereocenters. The van der Waals surface area contributed by atoms with Gasteiger partial charge in [0, 0.05) is 14.0 Å². The maximum atomic E-state index is 9.92. The number of carbonyl (C=O) groups is 3. The van der Waals surface area contributed by atoms with Gasteiger partial charge in [0.1, 0.15) is 6.54 Å². The maximum absolute atomic E-state index is 9.92. The Labute approximate surface area is 91.3 Å². The maximum Gasteiger partial charge on any atom is 0.371 e. The Morgan fingerprint density at radius 3 is 1.69 bits per heavy atom. The van der Waals surface area contributed by atoms with Gasteiger partial charge >= 0.3 is 11.9 Å². The fourth-order valence-corrected chi connectivity index (χ4v) is 0.288. The van der Waals surface area contributed by atoms with Gasteiger partial charge in [-0.1, -0.05) is 0 Å². The summed E-state index contributed by atoms with van der Waals surface area (Å²) in [6.07, 6.45) is 0. The lowest BCUT2D eigenvalue weighted by molar-refractivity contribution is -0.148. The van der Waals surface area contributed by atoms with E-state index < -0.39 is 17.7 Å². The Morgan fingerprint density at radius 2 is 1.62 bits per heavy atom. The number of carbonyl (C=O) groups excluding carboxylic acids is 1. The molecule has 0 heterocycles. The van der Waals surface area contributed by atoms with Crippen LogP contribution in [0.3, 0.4) is 0 Å². The van der Waals surface area contributed by atoms with Crippen molar-refractivity contribution in [2.24, 2.45) is 5.73 Å². The van der Waals surface area contributed by atoms with E-state index in [-0.39, 0.29) is 18.0 Å². The van der Waals surface area contributed by atoms with E-state index in [1.165, 1.54) is 7.05 Å². The van der Waals surface area contributed by atoms with Crippen LogP contribution in [-0.2, 0) is 14.4 Å². The van der Waals surface area contributed by atoms with E-state index in [4.69, 9.17) is 21.4 Å². The number of hydrogen-bond donors (Lipinski definition) is 4. The number of Topliss-reactive ketones (excluding diaryl/α,β-unsaturated/α-hetero) is 1. The zero-order chi connectivity index (χ0) is 12.6. The highest BCUT2D eigenvalue weighted by atomic mass is 16.4. The fourth-order valence-electron chi connectivity index (χ4n) is 0.288. The molecule has 0 amide bonds. The molecule has 0 aliphatic heterocycles. The molecule has 0 fully saturated rings. The number of carboxylic acid groups (broad SMARTS) is 2. The minimum Gasteiger partial charge on any atom is -0.480 e. The van der Waals surface area contributed by atoms with Crippen molar-refractivity contribution in [1.29, 1.82) is 5.41 Å². The summed E-state index contributed by atoms with van der Waals surface area (Å²) in [7, 11) is 1.44. The summed E-state index contributed by atoms with van der Waals surface area (Å²) in [4.78, 5) is 29.9. The first kappa shape index (κ1) is 19.4. The zero-order valence-electron chi connectivity index (χ0n) is 8.85. The van der Waals surface area contributed by atoms with E-state index in [1.807, 2.05) is 0 Å². The fraction of sp³-hybridized carbons (Fsp3) is 0.429. The van der Waals surface area contributed by atoms with Crippen molar-refractivity contribution >= 4 is 23.7 Å². The van der Waals surface area contributed by atoms with Gasteiger partial charge in [0.05, 0.1) is 0 Å². The first-order valence-corrected chi connectivity index (χ1v) is 3.69. The second kappa shape index (κ2) is 9.40. The van der Waals surface area contributed by atoms with Crippen LogP contribution in [0.1, 0.15) is 6.92 Å². The molecular formula is C7H15N3O6. The number of hydrogen-bond acceptors (Lipinski definition) is 4. The van der Waals surface area contributed by atoms with Crippen molar-refractivity contribution in [2.45, 2.75) is 6.92 Å². The topological polar surface area (TPSA) is 176 Å². The molecule has 0 aliphatic rings. The van der Waals surface area contributed by atoms with Gasteiger partial charge in [-0.15, -0.1) is 0 Å². The van der Waals surface area contributed by atoms with Gasteiger partial charge in [0.2, 0.25) is 5.78 Å². The molecule has 94 valence electrons. The standard InChI is InChI=1S/C4H9N3O2.C3H4O3.H2O/c1-7(4(5)6)2-3(8)9;1-2(4)3(5)6;/h2H2,1H3,(H3,5,6)(H,8,9);1H3,(H,5,6);1H2. The number of ketones is 1. The molecule has 0 spiro atoms. The predicted molar refractivity (Wildman–Crippen MR) is 54.1 cm³/mol. The number of likely N-dealkylation sites (N-methyl/N-ethyl adjacent to an activating group) is 1. The van der Waals surface area contributed by atoms with Crippen LogP contribution in [0.2, 0.25) is 0 Å². The lowest BCUT2D eigenvalue weighted by atomic mass is 10.5. The number of nitrogens with zero attached hydrogens (tertiary/aromatic N) is 1. The van der Waals surface area contributed by atoms with E-state index in [0.717, 1.165) is 11.8 Å². The van der Waals surface area contributed by atoms with E-state index in [0.29, 0.717) is 0 Å². The Morgan fingerprint density at radius 1 is 1.31 bits per heavy atom. The molecule has 0 aromatic heterocycles. The van der Waals surface area contributed by atoms with E-state index in [1.54, 1.807) is 0 Å². The summed E-state index contributed by atoms with van der Waals surface area (Å²) in [6.45, 7) is 0.775. The quantitative estimate of drug-likeness (QED) is 0.243. The molecular weight excluding hydrogens is 222 g/mol. The summed E-state index contributed by atoms with van der Waals surface area (Å²) >= 11 is 0. The van der Waals surface area contributed by atoms with Crippen molar-refractivity contribution in [3.63, 3.8) is 0 Å². The molecule has 0 saturated heterocycles. The molecule has 0 rings (SSSR count). The Balaban J connectivity index is -0.000000214. The second-order valence-electron chi connectivity index (χ2n) is 2.50. The van der Waals surface area contributed by atoms with Crippen LogP contribution in [0.15, 0.2) is 0 Å². The molecule has 0 aromatic rings. The van der Waals surface area contributed by atoms with Gasteiger partial charge in [0.15, 0.2) is 5.96 Å². The lowest BCUT2D eigenvalue weighted by Gasteiger charge is -2.12. The summed E-state index contributed by atoms with van der Waals surface area (Å²) in [6, 6.07) is 0. The molecule has 0 radical (unpaired) electrons. The van der Waals surface area contributed by atoms with Crippen molar-refractivity contribution in [3.05, 3.63) is 0 Å². The summed E-state index contributed by atoms with van der Waals surface area (Å²) in [5, 5.41) is 22.5. The van der Waals surface area contributed by atoms with Crippen molar-refractivity contribution in [3.8, 4) is 0 Å². The lowest BCUT2D eigenvalue weighted by Crippen LogP contribution is -2.36. The van der Waals surface area contributed by atoms with E-state index in [9.17, 15) is 14.4 Å². The first-order valence-electron chi connectivity index (χ1n) is 3.69. The second-order valence-corrected chi connectivity index (χ2v) is 2.50. The number of nitrogens with one attached hydrogen (secondary N) is 1. The van der Waals surface area contributed by atoms with Crippen LogP contribution in [0.25, 0.3) is 0 Å². The molecule has 0 aromatic carbocycles. The van der Waals surface area contributed by atoms with Crippen LogP contribution in [0.4, 0.5) is 0 Å². The third-order valence-electron chi connectivity index (χ3n) is 1.08. The Kier molecular flexibility index (Phi) is 11.4. The molecule has 0 aliphatic carbocycles. The largest absolute Gasteiger partial charge is 0.480 e. The summed E-state index contributed by atoms with van der Waals surface area (Å²) in [5.74, 6) is -3.44. The molecule has 7 N–H and O–H groups in total.